The largest absolute Gasteiger partial charge is 0.392 e. The third-order valence-electron chi connectivity index (χ3n) is 1.74. The number of hydrogen-bond acceptors (Lipinski definition) is 4. The minimum atomic E-state index is -0.541. The van der Waals surface area contributed by atoms with E-state index < -0.39 is 4.92 Å². The fourth-order valence-electron chi connectivity index (χ4n) is 1.03. The van der Waals surface area contributed by atoms with Crippen LogP contribution in [0.4, 0.5) is 5.69 Å². The standard InChI is InChI=1S/C8H9NO4/c10-4-6-1-2-8(9(12)13)3-7(6)5-11/h1-3,10-11H,4-5H2. The van der Waals surface area contributed by atoms with Crippen LogP contribution in [-0.2, 0) is 13.2 Å². The van der Waals surface area contributed by atoms with E-state index in [0.717, 1.165) is 0 Å². The minimum absolute atomic E-state index is 0.0822. The topological polar surface area (TPSA) is 83.6 Å². The molecule has 0 aromatic heterocycles. The van der Waals surface area contributed by atoms with E-state index in [1.165, 1.54) is 18.2 Å². The van der Waals surface area contributed by atoms with Gasteiger partial charge in [-0.15, -0.1) is 0 Å². The van der Waals surface area contributed by atoms with Crippen molar-refractivity contribution < 1.29 is 15.1 Å². The van der Waals surface area contributed by atoms with Crippen molar-refractivity contribution >= 4 is 5.69 Å². The van der Waals surface area contributed by atoms with Gasteiger partial charge in [0.15, 0.2) is 0 Å². The first-order valence-electron chi connectivity index (χ1n) is 3.67. The molecule has 1 rings (SSSR count). The molecule has 2 N–H and O–H groups in total. The molecule has 0 saturated heterocycles. The van der Waals surface area contributed by atoms with Gasteiger partial charge in [-0.05, 0) is 17.2 Å². The van der Waals surface area contributed by atoms with E-state index in [1.807, 2.05) is 0 Å². The molecule has 70 valence electrons. The second-order valence-corrected chi connectivity index (χ2v) is 2.53. The summed E-state index contributed by atoms with van der Waals surface area (Å²) in [6, 6.07) is 3.99. The third kappa shape index (κ3) is 2.01. The normalized spacial score (nSPS) is 10.0. The zero-order chi connectivity index (χ0) is 9.84. The zero-order valence-corrected chi connectivity index (χ0v) is 6.80. The van der Waals surface area contributed by atoms with Gasteiger partial charge in [-0.2, -0.15) is 0 Å². The van der Waals surface area contributed by atoms with Crippen LogP contribution in [0.5, 0.6) is 0 Å². The van der Waals surface area contributed by atoms with E-state index in [0.29, 0.717) is 11.1 Å². The first kappa shape index (κ1) is 9.63. The lowest BCUT2D eigenvalue weighted by Gasteiger charge is -2.02. The van der Waals surface area contributed by atoms with E-state index in [9.17, 15) is 10.1 Å². The molecule has 5 heteroatoms. The molecule has 0 fully saturated rings. The summed E-state index contributed by atoms with van der Waals surface area (Å²) in [6.07, 6.45) is 0. The predicted molar refractivity (Wildman–Crippen MR) is 44.9 cm³/mol. The summed E-state index contributed by atoms with van der Waals surface area (Å²) >= 11 is 0. The average molecular weight is 183 g/mol. The Morgan fingerprint density at radius 3 is 2.31 bits per heavy atom. The molecule has 0 aliphatic heterocycles. The molecule has 0 heterocycles. The molecule has 0 unspecified atom stereocenters. The highest BCUT2D eigenvalue weighted by Crippen LogP contribution is 2.17. The van der Waals surface area contributed by atoms with Gasteiger partial charge in [0.2, 0.25) is 0 Å². The van der Waals surface area contributed by atoms with Crippen molar-refractivity contribution in [1.29, 1.82) is 0 Å². The van der Waals surface area contributed by atoms with Gasteiger partial charge in [-0.1, -0.05) is 0 Å². The second-order valence-electron chi connectivity index (χ2n) is 2.53. The highest BCUT2D eigenvalue weighted by molar-refractivity contribution is 5.39. The summed E-state index contributed by atoms with van der Waals surface area (Å²) in [5.41, 5.74) is 0.811. The molecule has 0 spiro atoms. The number of aliphatic hydroxyl groups is 2. The van der Waals surface area contributed by atoms with Crippen LogP contribution in [0.3, 0.4) is 0 Å². The van der Waals surface area contributed by atoms with E-state index in [4.69, 9.17) is 10.2 Å². The summed E-state index contributed by atoms with van der Waals surface area (Å²) in [6.45, 7) is -0.536. The van der Waals surface area contributed by atoms with Gasteiger partial charge in [0, 0.05) is 12.1 Å². The Hall–Kier alpha value is -1.46. The molecule has 1 aromatic rings. The average Bonchev–Trinajstić information content (AvgIpc) is 2.16. The number of rotatable bonds is 3. The van der Waals surface area contributed by atoms with Crippen molar-refractivity contribution in [3.8, 4) is 0 Å². The highest BCUT2D eigenvalue weighted by Gasteiger charge is 2.08. The molecule has 0 radical (unpaired) electrons. The fraction of sp³-hybridized carbons (Fsp3) is 0.250. The maximum Gasteiger partial charge on any atom is 0.269 e. The van der Waals surface area contributed by atoms with Crippen LogP contribution in [0.1, 0.15) is 11.1 Å². The van der Waals surface area contributed by atoms with Crippen LogP contribution in [-0.4, -0.2) is 15.1 Å². The Kier molecular flexibility index (Phi) is 2.94. The van der Waals surface area contributed by atoms with Gasteiger partial charge in [-0.3, -0.25) is 10.1 Å². The molecule has 1 aromatic carbocycles. The van der Waals surface area contributed by atoms with Crippen LogP contribution in [0.15, 0.2) is 18.2 Å². The maximum absolute atomic E-state index is 10.3. The summed E-state index contributed by atoms with van der Waals surface area (Å²) < 4.78 is 0. The van der Waals surface area contributed by atoms with Crippen LogP contribution >= 0.6 is 0 Å². The molecular weight excluding hydrogens is 174 g/mol. The number of hydrogen-bond donors (Lipinski definition) is 2. The quantitative estimate of drug-likeness (QED) is 0.530. The van der Waals surface area contributed by atoms with Crippen molar-refractivity contribution in [3.05, 3.63) is 39.4 Å². The molecule has 13 heavy (non-hydrogen) atoms. The lowest BCUT2D eigenvalue weighted by atomic mass is 10.1. The SMILES string of the molecule is O=[N+]([O-])c1ccc(CO)c(CO)c1. The summed E-state index contributed by atoms with van der Waals surface area (Å²) in [5.74, 6) is 0. The molecule has 0 aliphatic carbocycles. The first-order valence-corrected chi connectivity index (χ1v) is 3.67. The van der Waals surface area contributed by atoms with E-state index in [-0.39, 0.29) is 18.9 Å². The number of non-ortho nitro benzene ring substituents is 1. The summed E-state index contributed by atoms with van der Waals surface area (Å²) in [4.78, 5) is 9.79. The lowest BCUT2D eigenvalue weighted by Crippen LogP contribution is -1.96. The van der Waals surface area contributed by atoms with Gasteiger partial charge < -0.3 is 10.2 Å². The number of nitrogens with zero attached hydrogens (tertiary/aromatic N) is 1. The Labute approximate surface area is 74.4 Å². The lowest BCUT2D eigenvalue weighted by molar-refractivity contribution is -0.385. The van der Waals surface area contributed by atoms with Gasteiger partial charge in [0.25, 0.3) is 5.69 Å². The van der Waals surface area contributed by atoms with Crippen LogP contribution in [0.25, 0.3) is 0 Å². The Morgan fingerprint density at radius 1 is 1.23 bits per heavy atom. The van der Waals surface area contributed by atoms with Gasteiger partial charge >= 0.3 is 0 Å². The number of nitro groups is 1. The molecule has 5 nitrogen and oxygen atoms in total. The van der Waals surface area contributed by atoms with Gasteiger partial charge in [0.05, 0.1) is 18.1 Å². The number of aliphatic hydroxyl groups excluding tert-OH is 2. The van der Waals surface area contributed by atoms with E-state index in [2.05, 4.69) is 0 Å². The first-order chi connectivity index (χ1) is 6.19. The maximum atomic E-state index is 10.3. The van der Waals surface area contributed by atoms with Crippen LogP contribution in [0, 0.1) is 10.1 Å². The Bertz CT molecular complexity index is 324. The minimum Gasteiger partial charge on any atom is -0.392 e. The van der Waals surface area contributed by atoms with E-state index >= 15 is 0 Å². The summed E-state index contributed by atoms with van der Waals surface area (Å²) in [5, 5.41) is 28.0. The van der Waals surface area contributed by atoms with Gasteiger partial charge in [-0.25, -0.2) is 0 Å². The molecule has 0 atom stereocenters. The molecule has 0 saturated carbocycles. The van der Waals surface area contributed by atoms with E-state index in [1.54, 1.807) is 0 Å². The number of benzene rings is 1. The van der Waals surface area contributed by atoms with Crippen molar-refractivity contribution in [2.45, 2.75) is 13.2 Å². The molecular formula is C8H9NO4. The molecule has 0 amide bonds. The predicted octanol–water partition coefficient (Wildman–Crippen LogP) is 0.579. The number of nitro benzene ring substituents is 1. The van der Waals surface area contributed by atoms with Crippen molar-refractivity contribution in [1.82, 2.24) is 0 Å². The van der Waals surface area contributed by atoms with Crippen molar-refractivity contribution in [3.63, 3.8) is 0 Å². The highest BCUT2D eigenvalue weighted by atomic mass is 16.6. The Morgan fingerprint density at radius 2 is 1.85 bits per heavy atom. The monoisotopic (exact) mass is 183 g/mol. The van der Waals surface area contributed by atoms with Crippen molar-refractivity contribution in [2.24, 2.45) is 0 Å². The van der Waals surface area contributed by atoms with Gasteiger partial charge in [0.1, 0.15) is 0 Å². The second kappa shape index (κ2) is 3.97. The molecule has 0 bridgehead atoms. The summed E-state index contributed by atoms with van der Waals surface area (Å²) in [7, 11) is 0. The molecule has 0 aliphatic rings. The van der Waals surface area contributed by atoms with Crippen LogP contribution < -0.4 is 0 Å². The Balaban J connectivity index is 3.13. The third-order valence-corrected chi connectivity index (χ3v) is 1.74. The smallest absolute Gasteiger partial charge is 0.269 e. The zero-order valence-electron chi connectivity index (χ0n) is 6.80. The van der Waals surface area contributed by atoms with Crippen LogP contribution in [0.2, 0.25) is 0 Å². The fourth-order valence-corrected chi connectivity index (χ4v) is 1.03. The van der Waals surface area contributed by atoms with Crippen molar-refractivity contribution in [2.75, 3.05) is 0 Å².